The average molecular weight is 302 g/mol. The first-order valence-electron chi connectivity index (χ1n) is 5.55. The third-order valence-corrected chi connectivity index (χ3v) is 2.35. The molecule has 0 saturated carbocycles. The van der Waals surface area contributed by atoms with Gasteiger partial charge in [0.2, 0.25) is 0 Å². The van der Waals surface area contributed by atoms with Gasteiger partial charge in [-0.3, -0.25) is 19.2 Å². The second-order valence-corrected chi connectivity index (χ2v) is 4.18. The molecule has 1 aromatic carbocycles. The molecule has 0 amide bonds. The van der Waals surface area contributed by atoms with Crippen LogP contribution in [0, 0.1) is 0 Å². The van der Waals surface area contributed by atoms with Gasteiger partial charge in [-0.15, -0.1) is 0 Å². The maximum Gasteiger partial charge on any atom is 0.170 e. The monoisotopic (exact) mass is 302 g/mol. The van der Waals surface area contributed by atoms with Crippen LogP contribution in [0.15, 0.2) is 24.3 Å². The summed E-state index contributed by atoms with van der Waals surface area (Å²) in [5.41, 5.74) is 0.786. The number of carbonyl (C=O) groups excluding carboxylic acids is 4. The second-order valence-electron chi connectivity index (χ2n) is 4.18. The van der Waals surface area contributed by atoms with Crippen molar-refractivity contribution < 1.29 is 36.2 Å². The van der Waals surface area contributed by atoms with Crippen molar-refractivity contribution in [3.63, 3.8) is 0 Å². The van der Waals surface area contributed by atoms with Crippen LogP contribution < -0.4 is 0 Å². The number of carbonyl (C=O) groups is 4. The molecule has 0 atom stereocenters. The molecule has 0 aliphatic heterocycles. The van der Waals surface area contributed by atoms with Gasteiger partial charge >= 0.3 is 0 Å². The Hall–Kier alpha value is -1.58. The zero-order valence-electron chi connectivity index (χ0n) is 10.7. The predicted molar refractivity (Wildman–Crippen MR) is 65.7 cm³/mol. The van der Waals surface area contributed by atoms with Gasteiger partial charge in [0, 0.05) is 28.2 Å². The minimum Gasteiger partial charge on any atom is -0.300 e. The van der Waals surface area contributed by atoms with Crippen LogP contribution in [0.5, 0.6) is 0 Å². The van der Waals surface area contributed by atoms with E-state index >= 15 is 0 Å². The Balaban J connectivity index is 0.00000324. The quantitative estimate of drug-likeness (QED) is 0.458. The van der Waals surface area contributed by atoms with E-state index in [4.69, 9.17) is 0 Å². The summed E-state index contributed by atoms with van der Waals surface area (Å²) in [5, 5.41) is 0. The Morgan fingerprint density at radius 3 is 1.21 bits per heavy atom. The molecule has 0 spiro atoms. The zero-order chi connectivity index (χ0) is 13.7. The summed E-state index contributed by atoms with van der Waals surface area (Å²) in [4.78, 5) is 44.7. The van der Waals surface area contributed by atoms with Gasteiger partial charge in [0.15, 0.2) is 11.6 Å². The molecule has 4 nitrogen and oxygen atoms in total. The number of hydrogen-bond donors (Lipinski definition) is 0. The van der Waals surface area contributed by atoms with Crippen molar-refractivity contribution in [2.45, 2.75) is 26.7 Å². The molecule has 0 saturated heterocycles. The molecule has 19 heavy (non-hydrogen) atoms. The van der Waals surface area contributed by atoms with Gasteiger partial charge in [-0.1, -0.05) is 24.3 Å². The maximum atomic E-state index is 11.6. The Kier molecular flexibility index (Phi) is 7.12. The molecule has 0 N–H and O–H groups in total. The van der Waals surface area contributed by atoms with E-state index in [1.165, 1.54) is 38.1 Å². The van der Waals surface area contributed by atoms with E-state index in [0.717, 1.165) is 0 Å². The van der Waals surface area contributed by atoms with Crippen LogP contribution in [0.4, 0.5) is 0 Å². The van der Waals surface area contributed by atoms with Gasteiger partial charge in [0.1, 0.15) is 11.6 Å². The van der Waals surface area contributed by atoms with Crippen molar-refractivity contribution in [2.24, 2.45) is 0 Å². The first-order valence-corrected chi connectivity index (χ1v) is 5.55. The zero-order valence-corrected chi connectivity index (χ0v) is 11.8. The van der Waals surface area contributed by atoms with Crippen LogP contribution in [-0.4, -0.2) is 23.1 Å². The molecule has 0 unspecified atom stereocenters. The van der Waals surface area contributed by atoms with Crippen molar-refractivity contribution >= 4 is 23.1 Å². The van der Waals surface area contributed by atoms with Crippen LogP contribution >= 0.6 is 0 Å². The van der Waals surface area contributed by atoms with E-state index in [1.54, 1.807) is 0 Å². The minimum atomic E-state index is -0.270. The van der Waals surface area contributed by atoms with Crippen molar-refractivity contribution in [2.75, 3.05) is 0 Å². The summed E-state index contributed by atoms with van der Waals surface area (Å²) in [6.07, 6.45) is -0.276. The number of benzene rings is 1. The summed E-state index contributed by atoms with van der Waals surface area (Å²) in [7, 11) is 0. The molecule has 5 heteroatoms. The number of ketones is 4. The van der Waals surface area contributed by atoms with Crippen molar-refractivity contribution in [1.82, 2.24) is 0 Å². The van der Waals surface area contributed by atoms with E-state index in [1.807, 2.05) is 0 Å². The van der Waals surface area contributed by atoms with Crippen molar-refractivity contribution in [3.05, 3.63) is 35.4 Å². The Bertz CT molecular complexity index is 456. The van der Waals surface area contributed by atoms with E-state index in [0.29, 0.717) is 11.1 Å². The third-order valence-electron chi connectivity index (χ3n) is 2.35. The van der Waals surface area contributed by atoms with Crippen LogP contribution in [0.3, 0.4) is 0 Å². The van der Waals surface area contributed by atoms with Gasteiger partial charge in [0.25, 0.3) is 0 Å². The number of hydrogen-bond acceptors (Lipinski definition) is 4. The summed E-state index contributed by atoms with van der Waals surface area (Å²) in [5.74, 6) is -0.936. The average Bonchev–Trinajstić information content (AvgIpc) is 2.27. The van der Waals surface area contributed by atoms with Crippen LogP contribution in [-0.2, 0) is 26.7 Å². The molecule has 0 fully saturated rings. The van der Waals surface area contributed by atoms with Gasteiger partial charge in [-0.25, -0.2) is 0 Å². The number of rotatable bonds is 6. The molecule has 0 aliphatic carbocycles. The van der Waals surface area contributed by atoms with Crippen LogP contribution in [0.25, 0.3) is 0 Å². The molecule has 1 rings (SSSR count). The molecule has 0 aromatic heterocycles. The van der Waals surface area contributed by atoms with Crippen LogP contribution in [0.1, 0.15) is 47.4 Å². The Morgan fingerprint density at radius 2 is 1.00 bits per heavy atom. The smallest absolute Gasteiger partial charge is 0.170 e. The molecule has 0 radical (unpaired) electrons. The summed E-state index contributed by atoms with van der Waals surface area (Å²) in [6, 6.07) is 5.99. The standard InChI is InChI=1S/C14H14O4.Fe/c1-9(15)7-13(17)11-3-5-12(6-4-11)14(18)8-10(2)16;/h3-6H,7-8H2,1-2H3;. The van der Waals surface area contributed by atoms with Gasteiger partial charge in [-0.05, 0) is 13.8 Å². The third kappa shape index (κ3) is 5.73. The SMILES string of the molecule is CC(=O)CC(=O)c1ccc(C(=O)CC(C)=O)cc1.[Fe]. The molecule has 102 valence electrons. The normalized spacial score (nSPS) is 9.37. The largest absolute Gasteiger partial charge is 0.300 e. The Labute approximate surface area is 122 Å². The van der Waals surface area contributed by atoms with Gasteiger partial charge < -0.3 is 0 Å². The molecular formula is C14H14FeO4. The van der Waals surface area contributed by atoms with E-state index in [-0.39, 0.29) is 53.0 Å². The number of Topliss-reactive ketones (excluding diaryl/α,β-unsaturated/α-hetero) is 4. The topological polar surface area (TPSA) is 68.3 Å². The van der Waals surface area contributed by atoms with Crippen molar-refractivity contribution in [3.8, 4) is 0 Å². The van der Waals surface area contributed by atoms with E-state index in [9.17, 15) is 19.2 Å². The van der Waals surface area contributed by atoms with Crippen LogP contribution in [0.2, 0.25) is 0 Å². The first-order chi connectivity index (χ1) is 8.40. The fourth-order valence-electron chi connectivity index (χ4n) is 1.50. The fraction of sp³-hybridized carbons (Fsp3) is 0.286. The van der Waals surface area contributed by atoms with Gasteiger partial charge in [0.05, 0.1) is 12.8 Å². The molecule has 0 heterocycles. The molecule has 0 bridgehead atoms. The maximum absolute atomic E-state index is 11.6. The van der Waals surface area contributed by atoms with Crippen molar-refractivity contribution in [1.29, 1.82) is 0 Å². The summed E-state index contributed by atoms with van der Waals surface area (Å²) < 4.78 is 0. The summed E-state index contributed by atoms with van der Waals surface area (Å²) in [6.45, 7) is 2.70. The van der Waals surface area contributed by atoms with E-state index in [2.05, 4.69) is 0 Å². The predicted octanol–water partition coefficient (Wildman–Crippen LogP) is 2.01. The fourth-order valence-corrected chi connectivity index (χ4v) is 1.50. The first kappa shape index (κ1) is 17.4. The molecule has 0 aliphatic rings. The Morgan fingerprint density at radius 1 is 0.737 bits per heavy atom. The second kappa shape index (κ2) is 7.77. The molecular weight excluding hydrogens is 288 g/mol. The molecule has 1 aromatic rings. The summed E-state index contributed by atoms with van der Waals surface area (Å²) >= 11 is 0. The van der Waals surface area contributed by atoms with Gasteiger partial charge in [-0.2, -0.15) is 0 Å². The van der Waals surface area contributed by atoms with E-state index < -0.39 is 0 Å². The minimum absolute atomic E-state index is 0.